The molecule has 3 aromatic rings. The number of ether oxygens (including phenoxy) is 2. The van der Waals surface area contributed by atoms with Crippen LogP contribution in [0.25, 0.3) is 0 Å². The molecule has 1 saturated heterocycles. The molecule has 0 spiro atoms. The summed E-state index contributed by atoms with van der Waals surface area (Å²) in [5.41, 5.74) is 0.759. The second kappa shape index (κ2) is 15.0. The molecule has 1 fully saturated rings. The lowest BCUT2D eigenvalue weighted by Gasteiger charge is -2.22. The van der Waals surface area contributed by atoms with Crippen molar-refractivity contribution in [3.63, 3.8) is 0 Å². The number of carbonyl (C=O) groups is 1. The van der Waals surface area contributed by atoms with Crippen molar-refractivity contribution in [1.82, 2.24) is 9.97 Å². The molecule has 16 heteroatoms. The maximum atomic E-state index is 13.9. The maximum absolute atomic E-state index is 13.9. The zero-order valence-corrected chi connectivity index (χ0v) is 27.3. The summed E-state index contributed by atoms with van der Waals surface area (Å²) in [5, 5.41) is 11.5. The molecule has 4 rings (SSSR count). The molecular weight excluding hydrogens is 637 g/mol. The molecular formula is C27H34N3O9PS3. The van der Waals surface area contributed by atoms with Crippen LogP contribution >= 0.6 is 30.7 Å². The molecule has 0 bridgehead atoms. The summed E-state index contributed by atoms with van der Waals surface area (Å²) >= 11 is 2.67. The van der Waals surface area contributed by atoms with Gasteiger partial charge in [-0.25, -0.2) is 18.4 Å². The Labute approximate surface area is 259 Å². The molecule has 1 atom stereocenters. The standard InChI is InChI=1S/C27H34N3O9PS3/c1-4-21(8-9-31)38-23-12-19(13-24(14-23)39-22-6-7-25(28-15-22)43(3,34)35)26(32)30(18-41-2)27-29-20(17-42-27)16-40(33)36-10-5-11-37-40/h6-7,12-15,17,21,31H,4-5,8-11,16,18H2,1-3H3/t21-/m0/s1. The average molecular weight is 672 g/mol. The summed E-state index contributed by atoms with van der Waals surface area (Å²) in [7, 11) is -6.77. The van der Waals surface area contributed by atoms with Crippen LogP contribution in [-0.2, 0) is 29.6 Å². The zero-order chi connectivity index (χ0) is 31.0. The van der Waals surface area contributed by atoms with Gasteiger partial charge in [0.15, 0.2) is 20.0 Å². The smallest absolute Gasteiger partial charge is 0.336 e. The Bertz CT molecular complexity index is 1540. The van der Waals surface area contributed by atoms with Crippen LogP contribution < -0.4 is 14.4 Å². The van der Waals surface area contributed by atoms with Gasteiger partial charge in [-0.3, -0.25) is 14.3 Å². The zero-order valence-electron chi connectivity index (χ0n) is 24.0. The van der Waals surface area contributed by atoms with E-state index < -0.39 is 17.4 Å². The molecule has 1 aliphatic rings. The minimum Gasteiger partial charge on any atom is -0.490 e. The molecule has 1 amide bonds. The fourth-order valence-corrected chi connectivity index (χ4v) is 7.77. The summed E-state index contributed by atoms with van der Waals surface area (Å²) < 4.78 is 59.3. The highest BCUT2D eigenvalue weighted by molar-refractivity contribution is 7.98. The molecule has 2 aromatic heterocycles. The number of sulfone groups is 1. The Balaban J connectivity index is 1.64. The van der Waals surface area contributed by atoms with E-state index in [1.165, 1.54) is 46.3 Å². The fraction of sp³-hybridized carbons (Fsp3) is 0.444. The Morgan fingerprint density at radius 2 is 1.95 bits per heavy atom. The van der Waals surface area contributed by atoms with Crippen LogP contribution in [0.2, 0.25) is 0 Å². The average Bonchev–Trinajstić information content (AvgIpc) is 3.42. The normalized spacial score (nSPS) is 15.5. The van der Waals surface area contributed by atoms with Crippen molar-refractivity contribution < 1.29 is 41.4 Å². The molecule has 1 aliphatic heterocycles. The molecule has 1 N–H and O–H groups in total. The van der Waals surface area contributed by atoms with Crippen molar-refractivity contribution in [2.45, 2.75) is 43.5 Å². The predicted molar refractivity (Wildman–Crippen MR) is 165 cm³/mol. The minimum atomic E-state index is -3.48. The molecule has 234 valence electrons. The number of benzene rings is 1. The molecule has 12 nitrogen and oxygen atoms in total. The predicted octanol–water partition coefficient (Wildman–Crippen LogP) is 5.37. The van der Waals surface area contributed by atoms with Gasteiger partial charge < -0.3 is 23.6 Å². The quantitative estimate of drug-likeness (QED) is 0.173. The van der Waals surface area contributed by atoms with E-state index in [2.05, 4.69) is 9.97 Å². The van der Waals surface area contributed by atoms with Crippen molar-refractivity contribution in [3.05, 3.63) is 53.2 Å². The fourth-order valence-electron chi connectivity index (χ4n) is 4.06. The number of aliphatic hydroxyl groups is 1. The molecule has 3 heterocycles. The van der Waals surface area contributed by atoms with Gasteiger partial charge in [-0.05, 0) is 43.4 Å². The lowest BCUT2D eigenvalue weighted by atomic mass is 10.1. The molecule has 0 aliphatic carbocycles. The largest absolute Gasteiger partial charge is 0.490 e. The Hall–Kier alpha value is -2.52. The van der Waals surface area contributed by atoms with Crippen LogP contribution in [-0.4, -0.2) is 73.7 Å². The third kappa shape index (κ3) is 9.24. The highest BCUT2D eigenvalue weighted by Gasteiger charge is 2.30. The lowest BCUT2D eigenvalue weighted by Crippen LogP contribution is -2.30. The van der Waals surface area contributed by atoms with E-state index >= 15 is 0 Å². The SMILES string of the molecule is CC[C@@H](CCO)Oc1cc(Oc2ccc(S(C)(=O)=O)nc2)cc(C(=O)N(CSC)c2nc(CP3(=O)OCCCO3)cs2)c1. The number of thiazole rings is 1. The summed E-state index contributed by atoms with van der Waals surface area (Å²) in [4.78, 5) is 24.0. The Morgan fingerprint density at radius 1 is 1.21 bits per heavy atom. The van der Waals surface area contributed by atoms with E-state index in [0.717, 1.165) is 6.26 Å². The number of rotatable bonds is 14. The molecule has 0 saturated carbocycles. The number of hydrogen-bond acceptors (Lipinski definition) is 13. The van der Waals surface area contributed by atoms with Gasteiger partial charge in [-0.1, -0.05) is 6.92 Å². The number of amides is 1. The van der Waals surface area contributed by atoms with Crippen LogP contribution in [0.3, 0.4) is 0 Å². The summed E-state index contributed by atoms with van der Waals surface area (Å²) in [6.45, 7) is 2.60. The van der Waals surface area contributed by atoms with Crippen molar-refractivity contribution in [2.24, 2.45) is 0 Å². The number of carbonyl (C=O) groups excluding carboxylic acids is 1. The van der Waals surface area contributed by atoms with Gasteiger partial charge in [-0.15, -0.1) is 23.1 Å². The van der Waals surface area contributed by atoms with E-state index in [-0.39, 0.29) is 52.7 Å². The summed E-state index contributed by atoms with van der Waals surface area (Å²) in [6, 6.07) is 7.58. The van der Waals surface area contributed by atoms with Crippen LogP contribution in [0.4, 0.5) is 5.13 Å². The maximum Gasteiger partial charge on any atom is 0.336 e. The van der Waals surface area contributed by atoms with Gasteiger partial charge >= 0.3 is 7.60 Å². The number of thioether (sulfide) groups is 1. The number of anilines is 1. The van der Waals surface area contributed by atoms with E-state index in [0.29, 0.717) is 49.1 Å². The second-order valence-electron chi connectivity index (χ2n) is 9.62. The van der Waals surface area contributed by atoms with E-state index in [4.69, 9.17) is 18.5 Å². The van der Waals surface area contributed by atoms with Gasteiger partial charge in [0.05, 0.1) is 37.1 Å². The number of aromatic nitrogens is 2. The second-order valence-corrected chi connectivity index (χ2v) is 15.3. The molecule has 0 radical (unpaired) electrons. The van der Waals surface area contributed by atoms with Crippen LogP contribution in [0.15, 0.2) is 46.9 Å². The van der Waals surface area contributed by atoms with E-state index in [1.807, 2.05) is 13.2 Å². The van der Waals surface area contributed by atoms with Crippen LogP contribution in [0.1, 0.15) is 42.2 Å². The monoisotopic (exact) mass is 671 g/mol. The highest BCUT2D eigenvalue weighted by atomic mass is 32.2. The third-order valence-electron chi connectivity index (χ3n) is 6.16. The molecule has 1 aromatic carbocycles. The van der Waals surface area contributed by atoms with Crippen molar-refractivity contribution in [2.75, 3.05) is 43.1 Å². The Morgan fingerprint density at radius 3 is 2.58 bits per heavy atom. The van der Waals surface area contributed by atoms with Crippen LogP contribution in [0, 0.1) is 0 Å². The van der Waals surface area contributed by atoms with Crippen LogP contribution in [0.5, 0.6) is 17.2 Å². The lowest BCUT2D eigenvalue weighted by molar-refractivity contribution is 0.0989. The number of pyridine rings is 1. The number of nitrogens with zero attached hydrogens (tertiary/aromatic N) is 3. The van der Waals surface area contributed by atoms with Gasteiger partial charge in [0.1, 0.15) is 23.4 Å². The highest BCUT2D eigenvalue weighted by Crippen LogP contribution is 2.53. The summed E-state index contributed by atoms with van der Waals surface area (Å²) in [6.07, 6.45) is 5.64. The number of hydrogen-bond donors (Lipinski definition) is 1. The number of aliphatic hydroxyl groups excluding tert-OH is 1. The van der Waals surface area contributed by atoms with E-state index in [1.54, 1.807) is 23.6 Å². The minimum absolute atomic E-state index is 0.0154. The molecule has 0 unspecified atom stereocenters. The first-order valence-corrected chi connectivity index (χ1v) is 19.3. The first-order chi connectivity index (χ1) is 20.5. The van der Waals surface area contributed by atoms with Crippen molar-refractivity contribution in [3.8, 4) is 17.2 Å². The van der Waals surface area contributed by atoms with Gasteiger partial charge in [0, 0.05) is 36.3 Å². The topological polar surface area (TPSA) is 154 Å². The van der Waals surface area contributed by atoms with Gasteiger partial charge in [0.25, 0.3) is 5.91 Å². The third-order valence-corrected chi connectivity index (χ3v) is 10.4. The van der Waals surface area contributed by atoms with Gasteiger partial charge in [0.2, 0.25) is 0 Å². The van der Waals surface area contributed by atoms with Gasteiger partial charge in [-0.2, -0.15) is 0 Å². The summed E-state index contributed by atoms with van der Waals surface area (Å²) in [5.74, 6) is 0.801. The Kier molecular flexibility index (Phi) is 11.6. The van der Waals surface area contributed by atoms with Crippen molar-refractivity contribution >= 4 is 51.6 Å². The van der Waals surface area contributed by atoms with Crippen molar-refractivity contribution in [1.29, 1.82) is 0 Å². The first-order valence-electron chi connectivity index (χ1n) is 13.4. The van der Waals surface area contributed by atoms with E-state index in [9.17, 15) is 22.9 Å². The molecule has 43 heavy (non-hydrogen) atoms. The first kappa shape index (κ1) is 33.4.